The molecule has 1 unspecified atom stereocenters. The van der Waals surface area contributed by atoms with E-state index in [-0.39, 0.29) is 34.3 Å². The molecule has 5 heterocycles. The first-order chi connectivity index (χ1) is 21.0. The molecule has 45 heavy (non-hydrogen) atoms. The number of allylic oxidation sites excluding steroid dienone is 7. The predicted molar refractivity (Wildman–Crippen MR) is 172 cm³/mol. The van der Waals surface area contributed by atoms with Crippen LogP contribution in [0.4, 0.5) is 0 Å². The van der Waals surface area contributed by atoms with Crippen molar-refractivity contribution in [3.8, 4) is 0 Å². The number of aromatic amines is 1. The maximum Gasteiger partial charge on any atom is 2.00 e. The van der Waals surface area contributed by atoms with Gasteiger partial charge in [-0.1, -0.05) is 31.4 Å². The fourth-order valence-electron chi connectivity index (χ4n) is 6.18. The van der Waals surface area contributed by atoms with Crippen molar-refractivity contribution in [1.82, 2.24) is 4.98 Å². The number of aromatic nitrogens is 1. The molecule has 5 aliphatic rings. The van der Waals surface area contributed by atoms with Crippen molar-refractivity contribution in [3.05, 3.63) is 121 Å². The summed E-state index contributed by atoms with van der Waals surface area (Å²) < 4.78 is 5.06. The third-order valence-corrected chi connectivity index (χ3v) is 8.55. The zero-order valence-corrected chi connectivity index (χ0v) is 27.0. The molecule has 1 atom stereocenters. The first kappa shape index (κ1) is 31.6. The minimum Gasteiger partial charge on any atom is -0.874 e. The smallest absolute Gasteiger partial charge is 0.874 e. The number of carbonyl (C=O) groups excluding carboxylic acids is 2. The Bertz CT molecular complexity index is 2120. The molecule has 6 rings (SSSR count). The number of esters is 1. The average molecular weight is 609 g/mol. The normalized spacial score (nSPS) is 20.2. The number of aliphatic imine (C=N–C) groups is 3. The number of nitrogens with zero attached hydrogens (tertiary/aromatic N) is 3. The summed E-state index contributed by atoms with van der Waals surface area (Å²) in [6, 6.07) is 0. The average Bonchev–Trinajstić information content (AvgIpc) is 3.72. The van der Waals surface area contributed by atoms with Gasteiger partial charge in [-0.2, -0.15) is 0 Å². The van der Waals surface area contributed by atoms with E-state index in [4.69, 9.17) is 19.7 Å². The van der Waals surface area contributed by atoms with Crippen LogP contribution in [0.5, 0.6) is 0 Å². The van der Waals surface area contributed by atoms with E-state index >= 15 is 0 Å². The number of carboxylic acids is 1. The molecule has 0 radical (unpaired) electrons. The SMILES string of the molecule is C=CC1=C(C)C2=NC1=CC1=C(C)C3=C([O-])C(C(=O)OC)C(=C4N=C(C=c5[nH]c(c(C=C)c5C)=C2)C(C)=C4/C=C/C(=O)[O-])C3=N1.[Mg+2]. The molecule has 0 saturated carbocycles. The van der Waals surface area contributed by atoms with Crippen molar-refractivity contribution in [2.24, 2.45) is 20.9 Å². The molecule has 0 aromatic carbocycles. The largest absolute Gasteiger partial charge is 2.00 e. The zero-order chi connectivity index (χ0) is 31.6. The molecule has 1 aliphatic carbocycles. The Labute approximate surface area is 275 Å². The number of methoxy groups -OCH3 is 1. The number of carboxylic acid groups (broad SMARTS) is 1. The Morgan fingerprint density at radius 1 is 0.933 bits per heavy atom. The van der Waals surface area contributed by atoms with E-state index in [2.05, 4.69) is 18.1 Å². The van der Waals surface area contributed by atoms with Gasteiger partial charge < -0.3 is 24.7 Å². The van der Waals surface area contributed by atoms with Crippen LogP contribution < -0.4 is 20.9 Å². The first-order valence-electron chi connectivity index (χ1n) is 13.9. The molecule has 0 spiro atoms. The van der Waals surface area contributed by atoms with Gasteiger partial charge in [-0.3, -0.25) is 4.79 Å². The van der Waals surface area contributed by atoms with Crippen molar-refractivity contribution in [3.63, 3.8) is 0 Å². The van der Waals surface area contributed by atoms with Crippen molar-refractivity contribution in [1.29, 1.82) is 0 Å². The number of hydrogen-bond acceptors (Lipinski definition) is 8. The predicted octanol–water partition coefficient (Wildman–Crippen LogP) is 1.48. The number of carbonyl (C=O) groups is 2. The van der Waals surface area contributed by atoms with Gasteiger partial charge in [0.2, 0.25) is 0 Å². The number of aliphatic carboxylic acids is 1. The Hall–Kier alpha value is -4.80. The summed E-state index contributed by atoms with van der Waals surface area (Å²) in [7, 11) is 1.21. The third-order valence-electron chi connectivity index (χ3n) is 8.55. The van der Waals surface area contributed by atoms with Gasteiger partial charge in [0.25, 0.3) is 0 Å². The van der Waals surface area contributed by atoms with E-state index in [0.717, 1.165) is 44.8 Å². The molecule has 0 fully saturated rings. The molecule has 0 amide bonds. The second kappa shape index (κ2) is 11.6. The number of fused-ring (bicyclic) bond motifs is 5. The van der Waals surface area contributed by atoms with Crippen LogP contribution in [0.2, 0.25) is 0 Å². The van der Waals surface area contributed by atoms with Crippen molar-refractivity contribution in [2.45, 2.75) is 27.7 Å². The van der Waals surface area contributed by atoms with Gasteiger partial charge in [-0.25, -0.2) is 15.0 Å². The standard InChI is InChI=1S/C35H30N4O5.Mg/c1-8-19-15(3)22-12-24-17(5)21(10-11-28(40)41)32(38-24)30-31(35(43)44-7)34(42)29-18(6)25(39-33(29)30)14-27-20(9-2)16(4)23(37-27)13-26(19)36-22;/h8-14,31,36,42H,1-2H2,3-7H3,(H,40,41);/q;+2/p-2/b11-10+,22-12?,26-13?,27-14?,32-30?;. The van der Waals surface area contributed by atoms with Gasteiger partial charge in [0.05, 0.1) is 53.2 Å². The molecule has 220 valence electrons. The molecular weight excluding hydrogens is 581 g/mol. The summed E-state index contributed by atoms with van der Waals surface area (Å²) in [6.45, 7) is 15.5. The van der Waals surface area contributed by atoms with Crippen LogP contribution in [-0.4, -0.2) is 64.2 Å². The summed E-state index contributed by atoms with van der Waals surface area (Å²) in [5.74, 6) is -3.94. The van der Waals surface area contributed by atoms with Crippen molar-refractivity contribution >= 4 is 70.4 Å². The number of ether oxygens (including phenoxy) is 1. The zero-order valence-electron chi connectivity index (χ0n) is 25.6. The van der Waals surface area contributed by atoms with Crippen LogP contribution in [0.3, 0.4) is 0 Å². The maximum atomic E-state index is 13.9. The van der Waals surface area contributed by atoms with Crippen LogP contribution in [0.25, 0.3) is 18.2 Å². The molecule has 9 nitrogen and oxygen atoms in total. The van der Waals surface area contributed by atoms with Gasteiger partial charge in [-0.15, -0.1) is 5.76 Å². The van der Waals surface area contributed by atoms with E-state index in [1.165, 1.54) is 13.2 Å². The molecule has 4 aliphatic heterocycles. The Kier molecular flexibility index (Phi) is 8.15. The minimum absolute atomic E-state index is 0. The third kappa shape index (κ3) is 4.81. The quantitative estimate of drug-likeness (QED) is 0.306. The number of hydrogen-bond donors (Lipinski definition) is 1. The van der Waals surface area contributed by atoms with Crippen LogP contribution in [-0.2, 0) is 14.3 Å². The topological polar surface area (TPSA) is 142 Å². The maximum absolute atomic E-state index is 13.9. The summed E-state index contributed by atoms with van der Waals surface area (Å²) >= 11 is 0. The van der Waals surface area contributed by atoms with E-state index in [0.29, 0.717) is 45.1 Å². The molecule has 10 heteroatoms. The Morgan fingerprint density at radius 2 is 1.60 bits per heavy atom. The molecular formula is C35H28MgN4O5. The number of H-pyrrole nitrogens is 1. The summed E-state index contributed by atoms with van der Waals surface area (Å²) in [4.78, 5) is 42.8. The Morgan fingerprint density at radius 3 is 2.24 bits per heavy atom. The van der Waals surface area contributed by atoms with Gasteiger partial charge in [-0.05, 0) is 79.9 Å². The molecule has 1 aromatic heterocycles. The van der Waals surface area contributed by atoms with Crippen LogP contribution in [0, 0.1) is 12.8 Å². The second-order valence-electron chi connectivity index (χ2n) is 10.9. The van der Waals surface area contributed by atoms with E-state index in [1.807, 2.05) is 26.0 Å². The van der Waals surface area contributed by atoms with Crippen LogP contribution in [0.15, 0.2) is 114 Å². The van der Waals surface area contributed by atoms with E-state index in [9.17, 15) is 19.8 Å². The van der Waals surface area contributed by atoms with E-state index in [1.54, 1.807) is 32.1 Å². The number of rotatable bonds is 5. The second-order valence-corrected chi connectivity index (χ2v) is 10.9. The minimum atomic E-state index is -1.40. The van der Waals surface area contributed by atoms with Crippen molar-refractivity contribution < 1.29 is 24.5 Å². The van der Waals surface area contributed by atoms with Gasteiger partial charge in [0.15, 0.2) is 0 Å². The Balaban J connectivity index is 0.00000400. The first-order valence-corrected chi connectivity index (χ1v) is 13.9. The monoisotopic (exact) mass is 608 g/mol. The summed E-state index contributed by atoms with van der Waals surface area (Å²) in [6.07, 6.45) is 11.4. The van der Waals surface area contributed by atoms with Crippen LogP contribution in [0.1, 0.15) is 31.9 Å². The molecule has 1 N–H and O–H groups in total. The van der Waals surface area contributed by atoms with E-state index < -0.39 is 23.6 Å². The fourth-order valence-corrected chi connectivity index (χ4v) is 6.18. The van der Waals surface area contributed by atoms with Gasteiger partial charge >= 0.3 is 29.0 Å². The molecule has 0 saturated heterocycles. The van der Waals surface area contributed by atoms with Crippen LogP contribution >= 0.6 is 0 Å². The fraction of sp³-hybridized carbons (Fsp3) is 0.171. The summed E-state index contributed by atoms with van der Waals surface area (Å²) in [5, 5.41) is 26.9. The summed E-state index contributed by atoms with van der Waals surface area (Å²) in [5.41, 5.74) is 8.72. The van der Waals surface area contributed by atoms with Gasteiger partial charge in [0, 0.05) is 33.0 Å². The number of nitrogens with one attached hydrogen (secondary N) is 1. The molecule has 8 bridgehead atoms. The van der Waals surface area contributed by atoms with Gasteiger partial charge in [0.1, 0.15) is 0 Å². The molecule has 1 aromatic rings. The van der Waals surface area contributed by atoms with Crippen molar-refractivity contribution in [2.75, 3.05) is 7.11 Å².